The molecule has 23 N–H and O–H groups in total. The standard InChI is InChI=1S/C56H84N16O21/c1-24(2)12-31(66-56(93)39(22-73)63-41(76)21-61-48(85)36(17-42(77)78)64-47(84)27(7)57)49(86)70-38(19-44(81)82)54(91)71-37(18-43(79)80)53(90)67-33(14-28-8-10-30(74)11-9-28)50(87)69-35(16-40(58)75)52(89)68-34(15-29-20-60-23-62-29)51(88)65-32(13-25(3)4)55(92)72-45(26(5)6)46(59)83/h8-11,20,23-27,31-39,45,73-74H,12-19,21-22,57H2,1-7H3,(H2,58,75)(H2,59,83)(H,60,62)(H,61,85)(H,63,76)(H,64,84)(H,65,88)(H,66,93)(H,67,90)(H,68,89)(H,69,87)(H,70,86)(H,71,91)(H,72,92)(H,77,78)(H,79,80)(H,81,82)/t27-,31-,32-,33-,34-,35-,36-,37-,38-,39-,45-/m0/s1. The molecule has 0 unspecified atom stereocenters. The highest BCUT2D eigenvalue weighted by atomic mass is 16.4. The molecule has 93 heavy (non-hydrogen) atoms. The number of carboxylic acid groups (broad SMARTS) is 3. The van der Waals surface area contributed by atoms with E-state index in [2.05, 4.69) is 63.1 Å². The molecular formula is C56H84N16O21. The summed E-state index contributed by atoms with van der Waals surface area (Å²) in [5.74, 6) is -21.4. The maximum atomic E-state index is 14.4. The Kier molecular flexibility index (Phi) is 32.5. The minimum absolute atomic E-state index is 0.0219. The number of carboxylic acids is 3. The first kappa shape index (κ1) is 78.8. The van der Waals surface area contributed by atoms with E-state index in [0.717, 1.165) is 0 Å². The Bertz CT molecular complexity index is 3000. The van der Waals surface area contributed by atoms with E-state index in [-0.39, 0.29) is 42.2 Å². The Labute approximate surface area is 532 Å². The van der Waals surface area contributed by atoms with E-state index in [1.165, 1.54) is 43.7 Å². The second-order valence-electron chi connectivity index (χ2n) is 22.8. The van der Waals surface area contributed by atoms with Crippen molar-refractivity contribution >= 4 is 94.7 Å². The van der Waals surface area contributed by atoms with Gasteiger partial charge in [-0.3, -0.25) is 76.7 Å². The van der Waals surface area contributed by atoms with Crippen molar-refractivity contribution in [2.24, 2.45) is 35.0 Å². The van der Waals surface area contributed by atoms with Gasteiger partial charge in [-0.15, -0.1) is 0 Å². The van der Waals surface area contributed by atoms with Crippen molar-refractivity contribution in [3.05, 3.63) is 48.0 Å². The van der Waals surface area contributed by atoms with Crippen LogP contribution in [0.25, 0.3) is 0 Å². The van der Waals surface area contributed by atoms with Gasteiger partial charge in [-0.1, -0.05) is 53.7 Å². The van der Waals surface area contributed by atoms with Crippen LogP contribution in [0.4, 0.5) is 0 Å². The van der Waals surface area contributed by atoms with Gasteiger partial charge in [0, 0.05) is 24.7 Å². The third-order valence-electron chi connectivity index (χ3n) is 13.3. The fourth-order valence-electron chi connectivity index (χ4n) is 8.63. The number of nitrogens with one attached hydrogen (secondary N) is 12. The van der Waals surface area contributed by atoms with Crippen LogP contribution >= 0.6 is 0 Å². The number of benzene rings is 1. The fourth-order valence-corrected chi connectivity index (χ4v) is 8.63. The third kappa shape index (κ3) is 29.0. The first-order valence-corrected chi connectivity index (χ1v) is 29.1. The first-order chi connectivity index (χ1) is 43.4. The lowest BCUT2D eigenvalue weighted by Crippen LogP contribution is -2.61. The van der Waals surface area contributed by atoms with Crippen LogP contribution in [0.15, 0.2) is 36.8 Å². The number of aromatic amines is 1. The smallest absolute Gasteiger partial charge is 0.305 e. The lowest BCUT2D eigenvalue weighted by atomic mass is 9.99. The minimum Gasteiger partial charge on any atom is -0.508 e. The summed E-state index contributed by atoms with van der Waals surface area (Å²) in [6, 6.07) is -13.8. The Hall–Kier alpha value is -10.3. The summed E-state index contributed by atoms with van der Waals surface area (Å²) in [4.78, 5) is 217. The second kappa shape index (κ2) is 38.4. The highest BCUT2D eigenvalue weighted by Crippen LogP contribution is 2.15. The van der Waals surface area contributed by atoms with Crippen LogP contribution < -0.4 is 75.7 Å². The van der Waals surface area contributed by atoms with Crippen molar-refractivity contribution in [3.8, 4) is 5.75 Å². The molecule has 0 aliphatic rings. The van der Waals surface area contributed by atoms with Crippen molar-refractivity contribution < 1.29 is 102 Å². The number of hydrogen-bond donors (Lipinski definition) is 20. The molecule has 0 radical (unpaired) electrons. The molecular weight excluding hydrogens is 1230 g/mol. The number of carbonyl (C=O) groups is 16. The van der Waals surface area contributed by atoms with Gasteiger partial charge >= 0.3 is 17.9 Å². The van der Waals surface area contributed by atoms with E-state index >= 15 is 0 Å². The molecule has 0 saturated heterocycles. The molecule has 11 atom stereocenters. The number of rotatable bonds is 41. The Balaban J connectivity index is 2.49. The number of nitrogens with two attached hydrogens (primary N) is 3. The Morgan fingerprint density at radius 2 is 0.849 bits per heavy atom. The summed E-state index contributed by atoms with van der Waals surface area (Å²) < 4.78 is 0. The molecule has 0 bridgehead atoms. The average molecular weight is 1320 g/mol. The number of amides is 13. The number of phenols is 1. The van der Waals surface area contributed by atoms with E-state index in [1.807, 2.05) is 5.32 Å². The molecule has 2 rings (SSSR count). The third-order valence-corrected chi connectivity index (χ3v) is 13.3. The zero-order chi connectivity index (χ0) is 70.6. The van der Waals surface area contributed by atoms with Gasteiger partial charge in [0.25, 0.3) is 0 Å². The summed E-state index contributed by atoms with van der Waals surface area (Å²) in [6.07, 6.45) is -3.01. The largest absolute Gasteiger partial charge is 0.508 e. The number of aromatic hydroxyl groups is 1. The number of aliphatic hydroxyl groups is 1. The predicted octanol–water partition coefficient (Wildman–Crippen LogP) is -7.26. The maximum Gasteiger partial charge on any atom is 0.305 e. The van der Waals surface area contributed by atoms with Crippen molar-refractivity contribution in [1.29, 1.82) is 0 Å². The number of aromatic nitrogens is 2. The number of phenolic OH excluding ortho intramolecular Hbond substituents is 1. The van der Waals surface area contributed by atoms with Crippen molar-refractivity contribution in [2.75, 3.05) is 13.2 Å². The summed E-state index contributed by atoms with van der Waals surface area (Å²) in [6.45, 7) is 9.05. The van der Waals surface area contributed by atoms with Gasteiger partial charge in [-0.05, 0) is 55.2 Å². The minimum atomic E-state index is -2.22. The monoisotopic (exact) mass is 1320 g/mol. The fraction of sp³-hybridized carbons (Fsp3) is 0.554. The van der Waals surface area contributed by atoms with Crippen LogP contribution in [0.5, 0.6) is 5.75 Å². The van der Waals surface area contributed by atoms with Gasteiger partial charge in [-0.2, -0.15) is 0 Å². The van der Waals surface area contributed by atoms with Crippen molar-refractivity contribution in [2.45, 2.75) is 166 Å². The quantitative estimate of drug-likeness (QED) is 0.0294. The number of primary amides is 2. The lowest BCUT2D eigenvalue weighted by molar-refractivity contribution is -0.143. The van der Waals surface area contributed by atoms with Crippen LogP contribution in [0, 0.1) is 17.8 Å². The van der Waals surface area contributed by atoms with Crippen LogP contribution in [-0.4, -0.2) is 210 Å². The zero-order valence-corrected chi connectivity index (χ0v) is 52.1. The van der Waals surface area contributed by atoms with Gasteiger partial charge in [0.1, 0.15) is 66.2 Å². The summed E-state index contributed by atoms with van der Waals surface area (Å²) in [5, 5.41) is 73.7. The number of aliphatic hydroxyl groups excluding tert-OH is 1. The second-order valence-corrected chi connectivity index (χ2v) is 22.8. The number of carbonyl (C=O) groups excluding carboxylic acids is 13. The van der Waals surface area contributed by atoms with E-state index in [0.29, 0.717) is 0 Å². The highest BCUT2D eigenvalue weighted by molar-refractivity contribution is 6.01. The highest BCUT2D eigenvalue weighted by Gasteiger charge is 2.38. The average Bonchev–Trinajstić information content (AvgIpc) is 1.33. The van der Waals surface area contributed by atoms with Crippen LogP contribution in [0.3, 0.4) is 0 Å². The van der Waals surface area contributed by atoms with Crippen LogP contribution in [0.2, 0.25) is 0 Å². The van der Waals surface area contributed by atoms with Gasteiger partial charge in [0.2, 0.25) is 76.8 Å². The molecule has 13 amide bonds. The summed E-state index contributed by atoms with van der Waals surface area (Å²) in [5.41, 5.74) is 17.0. The Morgan fingerprint density at radius 3 is 1.24 bits per heavy atom. The normalized spacial score (nSPS) is 14.6. The van der Waals surface area contributed by atoms with E-state index in [1.54, 1.807) is 41.5 Å². The number of aliphatic carboxylic acids is 3. The molecule has 514 valence electrons. The van der Waals surface area contributed by atoms with E-state index in [4.69, 9.17) is 17.2 Å². The molecule has 1 aromatic carbocycles. The molecule has 0 aliphatic carbocycles. The number of nitrogens with zero attached hydrogens (tertiary/aromatic N) is 1. The predicted molar refractivity (Wildman–Crippen MR) is 321 cm³/mol. The maximum absolute atomic E-state index is 14.4. The summed E-state index contributed by atoms with van der Waals surface area (Å²) >= 11 is 0. The van der Waals surface area contributed by atoms with Crippen LogP contribution in [-0.2, 0) is 89.6 Å². The number of imidazole rings is 1. The van der Waals surface area contributed by atoms with Crippen molar-refractivity contribution in [1.82, 2.24) is 68.5 Å². The molecule has 2 aromatic rings. The first-order valence-electron chi connectivity index (χ1n) is 29.1. The molecule has 0 saturated carbocycles. The topological polar surface area (TPSA) is 613 Å². The van der Waals surface area contributed by atoms with Gasteiger partial charge in [0.05, 0.1) is 51.2 Å². The van der Waals surface area contributed by atoms with Gasteiger partial charge in [-0.25, -0.2) is 4.98 Å². The van der Waals surface area contributed by atoms with E-state index < -0.39 is 218 Å². The van der Waals surface area contributed by atoms with Gasteiger partial charge < -0.3 is 106 Å². The number of H-pyrrole nitrogens is 1. The molecule has 0 aliphatic heterocycles. The van der Waals surface area contributed by atoms with Crippen molar-refractivity contribution in [3.63, 3.8) is 0 Å². The van der Waals surface area contributed by atoms with Crippen LogP contribution in [0.1, 0.15) is 98.2 Å². The summed E-state index contributed by atoms with van der Waals surface area (Å²) in [7, 11) is 0. The molecule has 0 spiro atoms. The molecule has 1 heterocycles. The zero-order valence-electron chi connectivity index (χ0n) is 52.1. The Morgan fingerprint density at radius 1 is 0.473 bits per heavy atom. The molecule has 37 nitrogen and oxygen atoms in total. The SMILES string of the molecule is CC(C)C[C@H](NC(=O)[C@H](CO)NC(=O)CNC(=O)[C@H](CC(=O)O)NC(=O)[C@H](C)N)C(=O)N[C@@H](CC(=O)O)C(=O)N[C@@H](CC(=O)O)C(=O)N[C@@H](Cc1ccc(O)cc1)C(=O)N[C@@H](CC(N)=O)C(=O)N[C@@H](Cc1cnc[nH]1)C(=O)N[C@@H](CC(C)C)C(=O)N[C@H](C(N)=O)C(C)C. The van der Waals surface area contributed by atoms with Gasteiger partial charge in [0.15, 0.2) is 0 Å². The molecule has 0 fully saturated rings. The van der Waals surface area contributed by atoms with E-state index in [9.17, 15) is 102 Å². The molecule has 37 heteroatoms. The number of hydrogen-bond acceptors (Lipinski definition) is 20. The molecule has 1 aromatic heterocycles. The lowest BCUT2D eigenvalue weighted by Gasteiger charge is -2.28.